The fourth-order valence-electron chi connectivity index (χ4n) is 3.95. The van der Waals surface area contributed by atoms with Crippen molar-refractivity contribution < 1.29 is 13.7 Å². The van der Waals surface area contributed by atoms with E-state index in [0.717, 1.165) is 33.4 Å². The number of nitrogens with zero attached hydrogens (tertiary/aromatic N) is 6. The first kappa shape index (κ1) is 21.4. The summed E-state index contributed by atoms with van der Waals surface area (Å²) in [5, 5.41) is 7.81. The van der Waals surface area contributed by atoms with Crippen LogP contribution in [0.2, 0.25) is 0 Å². The highest BCUT2D eigenvalue weighted by atomic mass is 19.1. The molecule has 4 aromatic rings. The average Bonchev–Trinajstić information content (AvgIpc) is 3.54. The second kappa shape index (κ2) is 8.50. The Kier molecular flexibility index (Phi) is 5.36. The van der Waals surface area contributed by atoms with Crippen LogP contribution in [0.4, 0.5) is 4.39 Å². The van der Waals surface area contributed by atoms with Gasteiger partial charge in [0.25, 0.3) is 5.56 Å². The first-order chi connectivity index (χ1) is 16.4. The van der Waals surface area contributed by atoms with Crippen molar-refractivity contribution in [2.75, 3.05) is 13.1 Å². The molecule has 1 atom stereocenters. The highest BCUT2D eigenvalue weighted by molar-refractivity contribution is 5.90. The van der Waals surface area contributed by atoms with Crippen LogP contribution in [-0.4, -0.2) is 48.4 Å². The number of hydrogen-bond acceptors (Lipinski definition) is 7. The molecule has 172 valence electrons. The second-order valence-electron chi connectivity index (χ2n) is 7.95. The van der Waals surface area contributed by atoms with Gasteiger partial charge in [-0.3, -0.25) is 14.2 Å². The van der Waals surface area contributed by atoms with Crippen LogP contribution in [-0.2, 0) is 7.05 Å². The lowest BCUT2D eigenvalue weighted by Crippen LogP contribution is -2.40. The van der Waals surface area contributed by atoms with Gasteiger partial charge in [-0.25, -0.2) is 9.18 Å². The summed E-state index contributed by atoms with van der Waals surface area (Å²) in [4.78, 5) is 43.8. The predicted octanol–water partition coefficient (Wildman–Crippen LogP) is 1.75. The molecule has 1 saturated heterocycles. The molecule has 0 N–H and O–H groups in total. The van der Waals surface area contributed by atoms with Crippen LogP contribution in [0, 0.1) is 5.82 Å². The van der Waals surface area contributed by atoms with Crippen molar-refractivity contribution in [1.82, 2.24) is 29.4 Å². The Balaban J connectivity index is 1.43. The quantitative estimate of drug-likeness (QED) is 0.454. The zero-order valence-electron chi connectivity index (χ0n) is 18.1. The van der Waals surface area contributed by atoms with Gasteiger partial charge in [0, 0.05) is 26.1 Å². The lowest BCUT2D eigenvalue weighted by atomic mass is 9.99. The Morgan fingerprint density at radius 2 is 1.82 bits per heavy atom. The van der Waals surface area contributed by atoms with E-state index in [1.54, 1.807) is 4.90 Å². The third-order valence-corrected chi connectivity index (χ3v) is 5.81. The van der Waals surface area contributed by atoms with Crippen molar-refractivity contribution in [2.24, 2.45) is 7.05 Å². The van der Waals surface area contributed by atoms with Crippen molar-refractivity contribution in [3.8, 4) is 17.2 Å². The number of likely N-dealkylation sites (tertiary alicyclic amines) is 1. The summed E-state index contributed by atoms with van der Waals surface area (Å²) in [6.45, 7) is 1.04. The van der Waals surface area contributed by atoms with Gasteiger partial charge in [-0.15, -0.1) is 0 Å². The van der Waals surface area contributed by atoms with Gasteiger partial charge in [0.2, 0.25) is 5.82 Å². The summed E-state index contributed by atoms with van der Waals surface area (Å²) < 4.78 is 20.2. The Labute approximate surface area is 191 Å². The van der Waals surface area contributed by atoms with E-state index in [-0.39, 0.29) is 29.0 Å². The standard InChI is InChI=1S/C23H19FN6O4/c1-28-21(31)18(26-30(23(28)33)17-9-7-16(24)8-10-17)19-25-20(34-27-19)22(32)29-12-11-15(13-29)14-5-3-2-4-6-14/h2-10,15H,11-13H2,1H3. The van der Waals surface area contributed by atoms with E-state index >= 15 is 0 Å². The van der Waals surface area contributed by atoms with E-state index in [4.69, 9.17) is 4.52 Å². The van der Waals surface area contributed by atoms with E-state index in [9.17, 15) is 18.8 Å². The van der Waals surface area contributed by atoms with Crippen LogP contribution in [0.5, 0.6) is 0 Å². The van der Waals surface area contributed by atoms with E-state index in [1.807, 2.05) is 30.3 Å². The van der Waals surface area contributed by atoms with Crippen LogP contribution in [0.25, 0.3) is 17.2 Å². The highest BCUT2D eigenvalue weighted by Crippen LogP contribution is 2.28. The molecule has 0 saturated carbocycles. The monoisotopic (exact) mass is 462 g/mol. The van der Waals surface area contributed by atoms with Gasteiger partial charge in [-0.1, -0.05) is 35.5 Å². The van der Waals surface area contributed by atoms with E-state index in [1.165, 1.54) is 19.2 Å². The first-order valence-corrected chi connectivity index (χ1v) is 10.6. The van der Waals surface area contributed by atoms with Crippen molar-refractivity contribution >= 4 is 5.91 Å². The van der Waals surface area contributed by atoms with Crippen molar-refractivity contribution in [3.05, 3.63) is 92.7 Å². The molecular formula is C23H19FN6O4. The normalized spacial score (nSPS) is 15.6. The van der Waals surface area contributed by atoms with Crippen LogP contribution in [0.3, 0.4) is 0 Å². The summed E-state index contributed by atoms with van der Waals surface area (Å²) in [6.07, 6.45) is 0.807. The zero-order valence-corrected chi connectivity index (χ0v) is 18.1. The fourth-order valence-corrected chi connectivity index (χ4v) is 3.95. The summed E-state index contributed by atoms with van der Waals surface area (Å²) in [6, 6.07) is 14.9. The van der Waals surface area contributed by atoms with Crippen molar-refractivity contribution in [1.29, 1.82) is 0 Å². The minimum atomic E-state index is -0.756. The SMILES string of the molecule is Cn1c(=O)c(-c2noc(C(=O)N3CCC(c4ccccc4)C3)n2)nn(-c2ccc(F)cc2)c1=O. The number of amides is 1. The molecule has 2 aromatic carbocycles. The molecule has 11 heteroatoms. The maximum atomic E-state index is 13.3. The van der Waals surface area contributed by atoms with Crippen molar-refractivity contribution in [3.63, 3.8) is 0 Å². The molecule has 1 fully saturated rings. The Hall–Kier alpha value is -4.41. The number of carbonyl (C=O) groups is 1. The topological polar surface area (TPSA) is 116 Å². The molecule has 5 rings (SSSR count). The maximum absolute atomic E-state index is 13.3. The lowest BCUT2D eigenvalue weighted by molar-refractivity contribution is 0.0741. The summed E-state index contributed by atoms with van der Waals surface area (Å²) in [5.74, 6) is -1.22. The van der Waals surface area contributed by atoms with Crippen LogP contribution in [0.1, 0.15) is 28.6 Å². The number of hydrogen-bond donors (Lipinski definition) is 0. The molecule has 1 unspecified atom stereocenters. The molecule has 1 amide bonds. The molecule has 3 heterocycles. The van der Waals surface area contributed by atoms with E-state index in [0.29, 0.717) is 13.1 Å². The Bertz CT molecular complexity index is 1480. The van der Waals surface area contributed by atoms with Crippen LogP contribution >= 0.6 is 0 Å². The molecule has 0 bridgehead atoms. The third-order valence-electron chi connectivity index (χ3n) is 5.81. The number of benzene rings is 2. The summed E-state index contributed by atoms with van der Waals surface area (Å²) >= 11 is 0. The van der Waals surface area contributed by atoms with Gasteiger partial charge in [0.15, 0.2) is 5.69 Å². The predicted molar refractivity (Wildman–Crippen MR) is 118 cm³/mol. The Morgan fingerprint density at radius 1 is 1.09 bits per heavy atom. The lowest BCUT2D eigenvalue weighted by Gasteiger charge is -2.14. The largest absolute Gasteiger partial charge is 0.351 e. The molecule has 2 aromatic heterocycles. The zero-order chi connectivity index (χ0) is 23.8. The van der Waals surface area contributed by atoms with E-state index in [2.05, 4.69) is 15.2 Å². The van der Waals surface area contributed by atoms with Crippen molar-refractivity contribution in [2.45, 2.75) is 12.3 Å². The van der Waals surface area contributed by atoms with E-state index < -0.39 is 23.0 Å². The molecule has 34 heavy (non-hydrogen) atoms. The average molecular weight is 462 g/mol. The minimum Gasteiger partial charge on any atom is -0.334 e. The molecule has 1 aliphatic heterocycles. The van der Waals surface area contributed by atoms with Gasteiger partial charge < -0.3 is 9.42 Å². The molecule has 10 nitrogen and oxygen atoms in total. The molecule has 1 aliphatic rings. The molecular weight excluding hydrogens is 443 g/mol. The number of aromatic nitrogens is 5. The summed E-state index contributed by atoms with van der Waals surface area (Å²) in [5.41, 5.74) is -0.373. The van der Waals surface area contributed by atoms with Gasteiger partial charge in [-0.2, -0.15) is 14.8 Å². The first-order valence-electron chi connectivity index (χ1n) is 10.6. The van der Waals surface area contributed by atoms with Gasteiger partial charge >= 0.3 is 17.5 Å². The number of carbonyl (C=O) groups excluding carboxylic acids is 1. The smallest absolute Gasteiger partial charge is 0.334 e. The Morgan fingerprint density at radius 3 is 2.56 bits per heavy atom. The molecule has 0 aliphatic carbocycles. The van der Waals surface area contributed by atoms with Crippen LogP contribution < -0.4 is 11.2 Å². The number of rotatable bonds is 4. The third kappa shape index (κ3) is 3.81. The molecule has 0 radical (unpaired) electrons. The molecule has 0 spiro atoms. The fraction of sp³-hybridized carbons (Fsp3) is 0.217. The van der Waals surface area contributed by atoms with Gasteiger partial charge in [0.05, 0.1) is 5.69 Å². The van der Waals surface area contributed by atoms with Crippen LogP contribution in [0.15, 0.2) is 68.7 Å². The number of halogens is 1. The second-order valence-corrected chi connectivity index (χ2v) is 7.95. The minimum absolute atomic E-state index is 0.209. The van der Waals surface area contributed by atoms with Gasteiger partial charge in [0.1, 0.15) is 5.82 Å². The van der Waals surface area contributed by atoms with Gasteiger partial charge in [-0.05, 0) is 36.2 Å². The maximum Gasteiger partial charge on any atom is 0.351 e. The highest BCUT2D eigenvalue weighted by Gasteiger charge is 2.31. The summed E-state index contributed by atoms with van der Waals surface area (Å²) in [7, 11) is 1.27.